The molecule has 0 radical (unpaired) electrons. The van der Waals surface area contributed by atoms with Gasteiger partial charge in [0.25, 0.3) is 0 Å². The first-order valence-corrected chi connectivity index (χ1v) is 5.56. The summed E-state index contributed by atoms with van der Waals surface area (Å²) in [5, 5.41) is 11.8. The minimum atomic E-state index is 0.353. The Kier molecular flexibility index (Phi) is 3.84. The molecule has 18 heavy (non-hydrogen) atoms. The zero-order valence-electron chi connectivity index (χ0n) is 9.80. The number of nitrogens with two attached hydrogens (primary N) is 1. The van der Waals surface area contributed by atoms with E-state index in [1.54, 1.807) is 12.3 Å². The molecule has 90 valence electrons. The van der Waals surface area contributed by atoms with Crippen molar-refractivity contribution >= 4 is 5.95 Å². The molecular weight excluding hydrogens is 226 g/mol. The maximum atomic E-state index is 8.73. The van der Waals surface area contributed by atoms with E-state index in [-0.39, 0.29) is 0 Å². The van der Waals surface area contributed by atoms with Crippen molar-refractivity contribution in [3.8, 4) is 6.07 Å². The summed E-state index contributed by atoms with van der Waals surface area (Å²) in [6.45, 7) is 1.15. The van der Waals surface area contributed by atoms with E-state index in [4.69, 9.17) is 11.0 Å². The molecule has 0 amide bonds. The van der Waals surface area contributed by atoms with Crippen molar-refractivity contribution in [2.24, 2.45) is 5.73 Å². The normalized spacial score (nSPS) is 9.78. The van der Waals surface area contributed by atoms with Crippen molar-refractivity contribution in [2.45, 2.75) is 13.1 Å². The van der Waals surface area contributed by atoms with Crippen molar-refractivity contribution in [3.63, 3.8) is 0 Å². The van der Waals surface area contributed by atoms with Crippen LogP contribution in [0.4, 0.5) is 5.95 Å². The predicted molar refractivity (Wildman–Crippen MR) is 68.4 cm³/mol. The monoisotopic (exact) mass is 239 g/mol. The molecule has 2 aromatic rings. The zero-order valence-corrected chi connectivity index (χ0v) is 9.80. The van der Waals surface area contributed by atoms with Crippen LogP contribution in [0.5, 0.6) is 0 Å². The van der Waals surface area contributed by atoms with Crippen LogP contribution in [-0.2, 0) is 13.1 Å². The first kappa shape index (κ1) is 12.0. The zero-order chi connectivity index (χ0) is 12.8. The lowest BCUT2D eigenvalue weighted by Crippen LogP contribution is -2.04. The van der Waals surface area contributed by atoms with Gasteiger partial charge in [0.15, 0.2) is 0 Å². The van der Waals surface area contributed by atoms with Gasteiger partial charge in [-0.05, 0) is 17.2 Å². The number of aromatic nitrogens is 2. The van der Waals surface area contributed by atoms with Gasteiger partial charge in [-0.3, -0.25) is 0 Å². The highest BCUT2D eigenvalue weighted by molar-refractivity contribution is 5.32. The van der Waals surface area contributed by atoms with Crippen LogP contribution in [0.1, 0.15) is 16.8 Å². The van der Waals surface area contributed by atoms with Crippen molar-refractivity contribution < 1.29 is 0 Å². The number of nitriles is 1. The quantitative estimate of drug-likeness (QED) is 0.842. The summed E-state index contributed by atoms with van der Waals surface area (Å²) in [5.41, 5.74) is 8.09. The van der Waals surface area contributed by atoms with Gasteiger partial charge in [-0.2, -0.15) is 5.26 Å². The molecule has 0 unspecified atom stereocenters. The van der Waals surface area contributed by atoms with Gasteiger partial charge in [0.05, 0.1) is 0 Å². The highest BCUT2D eigenvalue weighted by atomic mass is 15.1. The van der Waals surface area contributed by atoms with Crippen LogP contribution in [0.25, 0.3) is 0 Å². The van der Waals surface area contributed by atoms with E-state index in [1.165, 1.54) is 0 Å². The van der Waals surface area contributed by atoms with Crippen molar-refractivity contribution in [3.05, 3.63) is 53.3 Å². The van der Waals surface area contributed by atoms with Crippen molar-refractivity contribution in [1.82, 2.24) is 9.97 Å². The average Bonchev–Trinajstić information content (AvgIpc) is 2.46. The molecule has 5 nitrogen and oxygen atoms in total. The number of rotatable bonds is 4. The average molecular weight is 239 g/mol. The number of nitrogens with one attached hydrogen (secondary N) is 1. The molecule has 1 aromatic carbocycles. The summed E-state index contributed by atoms with van der Waals surface area (Å²) in [7, 11) is 0. The largest absolute Gasteiger partial charge is 0.350 e. The molecule has 0 saturated carbocycles. The maximum Gasteiger partial charge on any atom is 0.224 e. The summed E-state index contributed by atoms with van der Waals surface area (Å²) < 4.78 is 0. The molecule has 0 fully saturated rings. The SMILES string of the molecule is N#Cc1ccnc(NCc2ccc(CN)cc2)n1. The Balaban J connectivity index is 2.00. The molecule has 0 saturated heterocycles. The third-order valence-corrected chi connectivity index (χ3v) is 2.48. The molecule has 5 heteroatoms. The first-order chi connectivity index (χ1) is 8.81. The molecular formula is C13H13N5. The summed E-state index contributed by atoms with van der Waals surface area (Å²) in [6, 6.07) is 11.5. The highest BCUT2D eigenvalue weighted by Gasteiger charge is 1.98. The second-order valence-corrected chi connectivity index (χ2v) is 3.75. The van der Waals surface area contributed by atoms with E-state index < -0.39 is 0 Å². The molecule has 0 bridgehead atoms. The van der Waals surface area contributed by atoms with Gasteiger partial charge in [-0.1, -0.05) is 24.3 Å². The topological polar surface area (TPSA) is 87.6 Å². The Hall–Kier alpha value is -2.45. The number of hydrogen-bond acceptors (Lipinski definition) is 5. The fraction of sp³-hybridized carbons (Fsp3) is 0.154. The molecule has 2 rings (SSSR count). The van der Waals surface area contributed by atoms with Crippen LogP contribution in [0.3, 0.4) is 0 Å². The third kappa shape index (κ3) is 3.03. The summed E-state index contributed by atoms with van der Waals surface area (Å²) in [5.74, 6) is 0.456. The van der Waals surface area contributed by atoms with E-state index in [2.05, 4.69) is 15.3 Å². The minimum Gasteiger partial charge on any atom is -0.350 e. The highest BCUT2D eigenvalue weighted by Crippen LogP contribution is 2.06. The molecule has 3 N–H and O–H groups in total. The van der Waals surface area contributed by atoms with Gasteiger partial charge in [0.1, 0.15) is 11.8 Å². The second kappa shape index (κ2) is 5.75. The third-order valence-electron chi connectivity index (χ3n) is 2.48. The minimum absolute atomic E-state index is 0.353. The van der Waals surface area contributed by atoms with Crippen LogP contribution in [0.2, 0.25) is 0 Å². The van der Waals surface area contributed by atoms with E-state index >= 15 is 0 Å². The molecule has 0 aliphatic carbocycles. The lowest BCUT2D eigenvalue weighted by molar-refractivity contribution is 1.03. The fourth-order valence-electron chi connectivity index (χ4n) is 1.48. The molecule has 1 aromatic heterocycles. The van der Waals surface area contributed by atoms with Gasteiger partial charge < -0.3 is 11.1 Å². The Labute approximate surface area is 105 Å². The predicted octanol–water partition coefficient (Wildman–Crippen LogP) is 1.42. The van der Waals surface area contributed by atoms with Crippen LogP contribution in [0, 0.1) is 11.3 Å². The van der Waals surface area contributed by atoms with E-state index in [0.717, 1.165) is 11.1 Å². The fourth-order valence-corrected chi connectivity index (χ4v) is 1.48. The first-order valence-electron chi connectivity index (χ1n) is 5.56. The Morgan fingerprint density at radius 1 is 1.17 bits per heavy atom. The maximum absolute atomic E-state index is 8.73. The lowest BCUT2D eigenvalue weighted by atomic mass is 10.1. The van der Waals surface area contributed by atoms with E-state index in [0.29, 0.717) is 24.7 Å². The molecule has 0 aliphatic heterocycles. The number of hydrogen-bond donors (Lipinski definition) is 2. The molecule has 1 heterocycles. The van der Waals surface area contributed by atoms with Crippen molar-refractivity contribution in [2.75, 3.05) is 5.32 Å². The molecule has 0 aliphatic rings. The van der Waals surface area contributed by atoms with Gasteiger partial charge in [-0.15, -0.1) is 0 Å². The standard InChI is InChI=1S/C13H13N5/c14-7-10-1-3-11(4-2-10)9-17-13-16-6-5-12(8-15)18-13/h1-6H,7,9,14H2,(H,16,17,18). The number of benzene rings is 1. The van der Waals surface area contributed by atoms with Crippen LogP contribution < -0.4 is 11.1 Å². The Bertz CT molecular complexity index is 556. The van der Waals surface area contributed by atoms with Gasteiger partial charge in [0, 0.05) is 19.3 Å². The van der Waals surface area contributed by atoms with Gasteiger partial charge >= 0.3 is 0 Å². The lowest BCUT2D eigenvalue weighted by Gasteiger charge is -2.05. The molecule has 0 atom stereocenters. The number of nitrogens with zero attached hydrogens (tertiary/aromatic N) is 3. The van der Waals surface area contributed by atoms with Crippen molar-refractivity contribution in [1.29, 1.82) is 5.26 Å². The Morgan fingerprint density at radius 2 is 1.89 bits per heavy atom. The van der Waals surface area contributed by atoms with Gasteiger partial charge in [-0.25, -0.2) is 9.97 Å². The van der Waals surface area contributed by atoms with Crippen LogP contribution in [0.15, 0.2) is 36.5 Å². The summed E-state index contributed by atoms with van der Waals surface area (Å²) in [4.78, 5) is 8.08. The Morgan fingerprint density at radius 3 is 2.56 bits per heavy atom. The second-order valence-electron chi connectivity index (χ2n) is 3.75. The summed E-state index contributed by atoms with van der Waals surface area (Å²) in [6.07, 6.45) is 1.56. The number of anilines is 1. The van der Waals surface area contributed by atoms with Crippen LogP contribution in [-0.4, -0.2) is 9.97 Å². The molecule has 0 spiro atoms. The van der Waals surface area contributed by atoms with Crippen LogP contribution >= 0.6 is 0 Å². The van der Waals surface area contributed by atoms with E-state index in [1.807, 2.05) is 30.3 Å². The summed E-state index contributed by atoms with van der Waals surface area (Å²) >= 11 is 0. The van der Waals surface area contributed by atoms with Gasteiger partial charge in [0.2, 0.25) is 5.95 Å². The smallest absolute Gasteiger partial charge is 0.224 e. The van der Waals surface area contributed by atoms with E-state index in [9.17, 15) is 0 Å².